The largest absolute Gasteiger partial charge is 0.357 e. The molecule has 88 valence electrons. The van der Waals surface area contributed by atoms with Crippen molar-refractivity contribution in [1.82, 2.24) is 9.97 Å². The second kappa shape index (κ2) is 5.25. The summed E-state index contributed by atoms with van der Waals surface area (Å²) < 4.78 is 0. The van der Waals surface area contributed by atoms with E-state index in [-0.39, 0.29) is 6.04 Å². The summed E-state index contributed by atoms with van der Waals surface area (Å²) in [5.41, 5.74) is 6.83. The van der Waals surface area contributed by atoms with Crippen molar-refractivity contribution >= 4 is 5.82 Å². The molecule has 16 heavy (non-hydrogen) atoms. The Hall–Kier alpha value is -1.16. The molecule has 1 aliphatic rings. The summed E-state index contributed by atoms with van der Waals surface area (Å²) in [6, 6.07) is 2.23. The van der Waals surface area contributed by atoms with E-state index in [4.69, 9.17) is 5.73 Å². The van der Waals surface area contributed by atoms with Crippen LogP contribution in [0.3, 0.4) is 0 Å². The lowest BCUT2D eigenvalue weighted by Crippen LogP contribution is -2.30. The summed E-state index contributed by atoms with van der Waals surface area (Å²) in [6.45, 7) is 4.24. The van der Waals surface area contributed by atoms with Crippen molar-refractivity contribution in [3.63, 3.8) is 0 Å². The van der Waals surface area contributed by atoms with Gasteiger partial charge in [0, 0.05) is 37.3 Å². The normalized spacial score (nSPS) is 18.5. The molecule has 2 heterocycles. The SMILES string of the molecule is CC(N)Cc1cc(N2CCCCC2)ncn1. The van der Waals surface area contributed by atoms with Crippen LogP contribution in [0.5, 0.6) is 0 Å². The van der Waals surface area contributed by atoms with Crippen molar-refractivity contribution in [3.8, 4) is 0 Å². The molecule has 0 aromatic carbocycles. The maximum absolute atomic E-state index is 5.78. The second-order valence-electron chi connectivity index (χ2n) is 4.60. The van der Waals surface area contributed by atoms with Crippen LogP contribution in [0.2, 0.25) is 0 Å². The van der Waals surface area contributed by atoms with Crippen LogP contribution in [-0.2, 0) is 6.42 Å². The molecule has 1 aromatic rings. The lowest BCUT2D eigenvalue weighted by molar-refractivity contribution is 0.572. The van der Waals surface area contributed by atoms with Crippen LogP contribution in [0.25, 0.3) is 0 Å². The zero-order chi connectivity index (χ0) is 11.4. The molecular formula is C12H20N4. The van der Waals surface area contributed by atoms with Crippen molar-refractivity contribution in [2.75, 3.05) is 18.0 Å². The highest BCUT2D eigenvalue weighted by Crippen LogP contribution is 2.17. The van der Waals surface area contributed by atoms with Crippen molar-refractivity contribution in [2.24, 2.45) is 5.73 Å². The average molecular weight is 220 g/mol. The van der Waals surface area contributed by atoms with Gasteiger partial charge >= 0.3 is 0 Å². The lowest BCUT2D eigenvalue weighted by Gasteiger charge is -2.27. The molecule has 2 N–H and O–H groups in total. The van der Waals surface area contributed by atoms with E-state index in [0.717, 1.165) is 31.0 Å². The highest BCUT2D eigenvalue weighted by Gasteiger charge is 2.12. The Kier molecular flexibility index (Phi) is 3.72. The van der Waals surface area contributed by atoms with E-state index < -0.39 is 0 Å². The fourth-order valence-corrected chi connectivity index (χ4v) is 2.12. The first-order valence-electron chi connectivity index (χ1n) is 6.07. The number of nitrogens with two attached hydrogens (primary N) is 1. The summed E-state index contributed by atoms with van der Waals surface area (Å²) in [5.74, 6) is 1.06. The molecule has 2 rings (SSSR count). The molecule has 0 radical (unpaired) electrons. The number of piperidine rings is 1. The minimum atomic E-state index is 0.157. The van der Waals surface area contributed by atoms with Gasteiger partial charge in [-0.3, -0.25) is 0 Å². The summed E-state index contributed by atoms with van der Waals surface area (Å²) in [5, 5.41) is 0. The molecule has 0 aliphatic carbocycles. The zero-order valence-corrected chi connectivity index (χ0v) is 9.89. The summed E-state index contributed by atoms with van der Waals surface area (Å²) >= 11 is 0. The average Bonchev–Trinajstić information content (AvgIpc) is 2.30. The van der Waals surface area contributed by atoms with Crippen LogP contribution in [0.15, 0.2) is 12.4 Å². The molecule has 0 bridgehead atoms. The predicted octanol–water partition coefficient (Wildman–Crippen LogP) is 1.36. The third-order valence-electron chi connectivity index (χ3n) is 2.92. The summed E-state index contributed by atoms with van der Waals surface area (Å²) in [7, 11) is 0. The molecule has 1 unspecified atom stereocenters. The van der Waals surface area contributed by atoms with Crippen molar-refractivity contribution in [1.29, 1.82) is 0 Å². The molecule has 1 atom stereocenters. The standard InChI is InChI=1S/C12H20N4/c1-10(13)7-11-8-12(15-9-14-11)16-5-3-2-4-6-16/h8-10H,2-7,13H2,1H3. The third-order valence-corrected chi connectivity index (χ3v) is 2.92. The monoisotopic (exact) mass is 220 g/mol. The quantitative estimate of drug-likeness (QED) is 0.835. The second-order valence-corrected chi connectivity index (χ2v) is 4.60. The van der Waals surface area contributed by atoms with Gasteiger partial charge in [-0.25, -0.2) is 9.97 Å². The maximum Gasteiger partial charge on any atom is 0.132 e. The molecule has 1 aromatic heterocycles. The van der Waals surface area contributed by atoms with Gasteiger partial charge in [0.25, 0.3) is 0 Å². The number of nitrogens with zero attached hydrogens (tertiary/aromatic N) is 3. The summed E-state index contributed by atoms with van der Waals surface area (Å²) in [6.07, 6.45) is 6.36. The molecule has 0 spiro atoms. The van der Waals surface area contributed by atoms with E-state index >= 15 is 0 Å². The van der Waals surface area contributed by atoms with Crippen molar-refractivity contribution in [3.05, 3.63) is 18.1 Å². The molecule has 1 aliphatic heterocycles. The van der Waals surface area contributed by atoms with Crippen LogP contribution < -0.4 is 10.6 Å². The van der Waals surface area contributed by atoms with Crippen LogP contribution in [0, 0.1) is 0 Å². The summed E-state index contributed by atoms with van der Waals surface area (Å²) in [4.78, 5) is 10.9. The Morgan fingerprint density at radius 1 is 1.31 bits per heavy atom. The first-order valence-corrected chi connectivity index (χ1v) is 6.07. The topological polar surface area (TPSA) is 55.0 Å². The molecule has 0 saturated carbocycles. The fourth-order valence-electron chi connectivity index (χ4n) is 2.12. The van der Waals surface area contributed by atoms with Gasteiger partial charge in [0.15, 0.2) is 0 Å². The minimum Gasteiger partial charge on any atom is -0.357 e. The number of aromatic nitrogens is 2. The number of hydrogen-bond acceptors (Lipinski definition) is 4. The maximum atomic E-state index is 5.78. The number of hydrogen-bond donors (Lipinski definition) is 1. The number of anilines is 1. The molecule has 4 heteroatoms. The molecular weight excluding hydrogens is 200 g/mol. The van der Waals surface area contributed by atoms with E-state index in [0.29, 0.717) is 0 Å². The van der Waals surface area contributed by atoms with Crippen molar-refractivity contribution < 1.29 is 0 Å². The van der Waals surface area contributed by atoms with Gasteiger partial charge in [0.1, 0.15) is 12.1 Å². The zero-order valence-electron chi connectivity index (χ0n) is 9.89. The highest BCUT2D eigenvalue weighted by molar-refractivity contribution is 5.39. The van der Waals surface area contributed by atoms with E-state index in [1.807, 2.05) is 6.92 Å². The fraction of sp³-hybridized carbons (Fsp3) is 0.667. The first kappa shape index (κ1) is 11.3. The van der Waals surface area contributed by atoms with Crippen LogP contribution in [0.4, 0.5) is 5.82 Å². The van der Waals surface area contributed by atoms with Crippen LogP contribution in [-0.4, -0.2) is 29.1 Å². The predicted molar refractivity (Wildman–Crippen MR) is 65.4 cm³/mol. The molecule has 0 amide bonds. The Labute approximate surface area is 96.9 Å². The molecule has 4 nitrogen and oxygen atoms in total. The van der Waals surface area contributed by atoms with E-state index in [2.05, 4.69) is 20.9 Å². The van der Waals surface area contributed by atoms with Gasteiger partial charge in [0.05, 0.1) is 0 Å². The Morgan fingerprint density at radius 3 is 2.75 bits per heavy atom. The number of rotatable bonds is 3. The van der Waals surface area contributed by atoms with Gasteiger partial charge < -0.3 is 10.6 Å². The third kappa shape index (κ3) is 2.92. The van der Waals surface area contributed by atoms with Gasteiger partial charge in [-0.2, -0.15) is 0 Å². The van der Waals surface area contributed by atoms with E-state index in [1.165, 1.54) is 19.3 Å². The lowest BCUT2D eigenvalue weighted by atomic mass is 10.1. The minimum absolute atomic E-state index is 0.157. The van der Waals surface area contributed by atoms with Gasteiger partial charge in [-0.05, 0) is 26.2 Å². The molecule has 1 fully saturated rings. The van der Waals surface area contributed by atoms with Gasteiger partial charge in [0.2, 0.25) is 0 Å². The Morgan fingerprint density at radius 2 is 2.06 bits per heavy atom. The van der Waals surface area contributed by atoms with Gasteiger partial charge in [-0.15, -0.1) is 0 Å². The van der Waals surface area contributed by atoms with Crippen LogP contribution >= 0.6 is 0 Å². The first-order chi connectivity index (χ1) is 7.75. The van der Waals surface area contributed by atoms with Crippen LogP contribution in [0.1, 0.15) is 31.9 Å². The Bertz CT molecular complexity index is 332. The highest BCUT2D eigenvalue weighted by atomic mass is 15.2. The Balaban J connectivity index is 2.08. The smallest absolute Gasteiger partial charge is 0.132 e. The van der Waals surface area contributed by atoms with E-state index in [9.17, 15) is 0 Å². The van der Waals surface area contributed by atoms with Crippen molar-refractivity contribution in [2.45, 2.75) is 38.6 Å². The van der Waals surface area contributed by atoms with E-state index in [1.54, 1.807) is 6.33 Å². The molecule has 1 saturated heterocycles. The van der Waals surface area contributed by atoms with Gasteiger partial charge in [-0.1, -0.05) is 0 Å².